The van der Waals surface area contributed by atoms with Gasteiger partial charge in [0.25, 0.3) is 0 Å². The Bertz CT molecular complexity index is 755. The molecule has 0 atom stereocenters. The van der Waals surface area contributed by atoms with Crippen LogP contribution in [0.25, 0.3) is 10.4 Å². The number of sulfone groups is 1. The summed E-state index contributed by atoms with van der Waals surface area (Å²) < 4.78 is 80.2. The normalized spacial score (nSPS) is 11.2. The maximum Gasteiger partial charge on any atom is 0.673 e. The van der Waals surface area contributed by atoms with Crippen LogP contribution in [0.15, 0.2) is 28.5 Å². The summed E-state index contributed by atoms with van der Waals surface area (Å²) in [4.78, 5) is 2.61. The number of rotatable bonds is 12. The van der Waals surface area contributed by atoms with Crippen molar-refractivity contribution in [1.29, 1.82) is 0 Å². The number of aryl methyl sites for hydroxylation is 1. The van der Waals surface area contributed by atoms with Gasteiger partial charge in [-0.1, -0.05) is 5.11 Å². The molecule has 0 unspecified atom stereocenters. The fourth-order valence-electron chi connectivity index (χ4n) is 1.85. The standard InChI is InChI=1S/C14H23N4O5S.BF4/c1-3-18-6-4-13(12-14(18)24(2,19)20)23-11-10-22-9-8-21-7-5-16-17-15;2-1(3,4)5/h4,6,12H,3,5,7-11H2,1-2H3;/q+1;-1. The van der Waals surface area contributed by atoms with Gasteiger partial charge >= 0.3 is 12.3 Å². The maximum absolute atomic E-state index is 11.8. The van der Waals surface area contributed by atoms with Crippen LogP contribution in [-0.2, 0) is 25.9 Å². The minimum atomic E-state index is -6.00. The minimum absolute atomic E-state index is 0.219. The van der Waals surface area contributed by atoms with Crippen molar-refractivity contribution in [2.45, 2.75) is 18.5 Å². The Balaban J connectivity index is 0.00000139. The van der Waals surface area contributed by atoms with Crippen LogP contribution in [0.3, 0.4) is 0 Å². The highest BCUT2D eigenvalue weighted by molar-refractivity contribution is 7.90. The third-order valence-corrected chi connectivity index (χ3v) is 4.07. The highest BCUT2D eigenvalue weighted by atomic mass is 32.2. The van der Waals surface area contributed by atoms with Crippen LogP contribution in [0.5, 0.6) is 5.75 Å². The molecule has 1 heterocycles. The summed E-state index contributed by atoms with van der Waals surface area (Å²) in [6, 6.07) is 3.23. The SMILES string of the molecule is CC[n+]1ccc(OCCOCCOCCN=[N+]=[N-])cc1S(C)(=O)=O.F[B-](F)(F)F. The zero-order chi connectivity index (χ0) is 22.3. The molecule has 0 saturated carbocycles. The molecule has 166 valence electrons. The van der Waals surface area contributed by atoms with Crippen LogP contribution in [0.2, 0.25) is 0 Å². The number of aromatic nitrogens is 1. The summed E-state index contributed by atoms with van der Waals surface area (Å²) in [5.74, 6) is 0.481. The number of azide groups is 1. The van der Waals surface area contributed by atoms with E-state index in [1.54, 1.807) is 16.8 Å². The van der Waals surface area contributed by atoms with E-state index in [0.29, 0.717) is 51.9 Å². The van der Waals surface area contributed by atoms with Crippen LogP contribution in [-0.4, -0.2) is 61.5 Å². The molecule has 1 aromatic heterocycles. The van der Waals surface area contributed by atoms with Crippen LogP contribution in [0, 0.1) is 0 Å². The van der Waals surface area contributed by atoms with E-state index >= 15 is 0 Å². The van der Waals surface area contributed by atoms with E-state index in [1.165, 1.54) is 12.3 Å². The molecule has 0 saturated heterocycles. The summed E-state index contributed by atoms with van der Waals surface area (Å²) >= 11 is 0. The van der Waals surface area contributed by atoms with Gasteiger partial charge in [-0.2, -0.15) is 4.57 Å². The molecule has 0 aliphatic heterocycles. The maximum atomic E-state index is 11.8. The van der Waals surface area contributed by atoms with Gasteiger partial charge in [-0.3, -0.25) is 0 Å². The highest BCUT2D eigenvalue weighted by Crippen LogP contribution is 2.13. The monoisotopic (exact) mass is 446 g/mol. The van der Waals surface area contributed by atoms with E-state index in [2.05, 4.69) is 10.0 Å². The number of pyridine rings is 1. The second-order valence-corrected chi connectivity index (χ2v) is 7.24. The average molecular weight is 446 g/mol. The van der Waals surface area contributed by atoms with E-state index in [4.69, 9.17) is 19.7 Å². The largest absolute Gasteiger partial charge is 0.673 e. The van der Waals surface area contributed by atoms with Gasteiger partial charge in [0, 0.05) is 23.8 Å². The van der Waals surface area contributed by atoms with Gasteiger partial charge in [0.15, 0.2) is 6.20 Å². The Hall–Kier alpha value is -2.09. The van der Waals surface area contributed by atoms with Crippen LogP contribution < -0.4 is 9.30 Å². The van der Waals surface area contributed by atoms with Crippen LogP contribution in [0.4, 0.5) is 17.3 Å². The fourth-order valence-corrected chi connectivity index (χ4v) is 2.80. The van der Waals surface area contributed by atoms with Gasteiger partial charge in [0.1, 0.15) is 18.9 Å². The molecule has 1 aromatic rings. The molecule has 0 aliphatic carbocycles. The number of nitrogens with zero attached hydrogens (tertiary/aromatic N) is 4. The van der Waals surface area contributed by atoms with Gasteiger partial charge < -0.3 is 31.5 Å². The summed E-state index contributed by atoms with van der Waals surface area (Å²) in [6.07, 6.45) is 2.85. The summed E-state index contributed by atoms with van der Waals surface area (Å²) in [5, 5.41) is 3.56. The molecule has 0 spiro atoms. The second kappa shape index (κ2) is 14.0. The molecule has 9 nitrogen and oxygen atoms in total. The molecule has 15 heteroatoms. The first-order chi connectivity index (χ1) is 13.5. The number of ether oxygens (including phenoxy) is 3. The number of hydrogen-bond donors (Lipinski definition) is 0. The zero-order valence-electron chi connectivity index (χ0n) is 16.0. The Morgan fingerprint density at radius 1 is 1.14 bits per heavy atom. The van der Waals surface area contributed by atoms with Gasteiger partial charge in [-0.05, 0) is 12.5 Å². The van der Waals surface area contributed by atoms with Crippen molar-refractivity contribution in [3.05, 3.63) is 28.8 Å². The highest BCUT2D eigenvalue weighted by Gasteiger charge is 2.21. The van der Waals surface area contributed by atoms with Gasteiger partial charge in [0.05, 0.1) is 32.5 Å². The third kappa shape index (κ3) is 15.5. The molecule has 0 amide bonds. The fraction of sp³-hybridized carbons (Fsp3) is 0.643. The Morgan fingerprint density at radius 2 is 1.69 bits per heavy atom. The molecular formula is C14H23BF4N4O5S. The minimum Gasteiger partial charge on any atom is -0.491 e. The Morgan fingerprint density at radius 3 is 2.21 bits per heavy atom. The van der Waals surface area contributed by atoms with E-state index in [9.17, 15) is 25.7 Å². The Kier molecular flexibility index (Phi) is 13.0. The summed E-state index contributed by atoms with van der Waals surface area (Å²) in [6.45, 7) is 4.56. The number of hydrogen-bond acceptors (Lipinski definition) is 6. The lowest BCUT2D eigenvalue weighted by Gasteiger charge is -2.08. The van der Waals surface area contributed by atoms with Gasteiger partial charge in [-0.25, -0.2) is 8.42 Å². The topological polar surface area (TPSA) is 114 Å². The van der Waals surface area contributed by atoms with Gasteiger partial charge in [-0.15, -0.1) is 0 Å². The van der Waals surface area contributed by atoms with Crippen molar-refractivity contribution in [2.24, 2.45) is 5.11 Å². The third-order valence-electron chi connectivity index (χ3n) is 2.96. The van der Waals surface area contributed by atoms with E-state index < -0.39 is 17.1 Å². The predicted octanol–water partition coefficient (Wildman–Crippen LogP) is 2.42. The molecule has 0 aliphatic rings. The molecule has 0 N–H and O–H groups in total. The first kappa shape index (κ1) is 26.9. The summed E-state index contributed by atoms with van der Waals surface area (Å²) in [5.41, 5.74) is 8.08. The van der Waals surface area contributed by atoms with Crippen LogP contribution >= 0.6 is 0 Å². The predicted molar refractivity (Wildman–Crippen MR) is 96.8 cm³/mol. The quantitative estimate of drug-likeness (QED) is 0.0931. The van der Waals surface area contributed by atoms with E-state index in [-0.39, 0.29) is 5.03 Å². The zero-order valence-corrected chi connectivity index (χ0v) is 16.8. The lowest BCUT2D eigenvalue weighted by Crippen LogP contribution is -2.38. The van der Waals surface area contributed by atoms with E-state index in [1.807, 2.05) is 6.92 Å². The molecule has 0 radical (unpaired) electrons. The molecular weight excluding hydrogens is 423 g/mol. The first-order valence-electron chi connectivity index (χ1n) is 8.39. The number of halogens is 4. The van der Waals surface area contributed by atoms with Gasteiger partial charge in [0.2, 0.25) is 9.84 Å². The second-order valence-electron chi connectivity index (χ2n) is 5.28. The molecule has 29 heavy (non-hydrogen) atoms. The van der Waals surface area contributed by atoms with Crippen molar-refractivity contribution in [1.82, 2.24) is 0 Å². The van der Waals surface area contributed by atoms with E-state index in [0.717, 1.165) is 0 Å². The molecule has 0 aromatic carbocycles. The molecule has 0 fully saturated rings. The average Bonchev–Trinajstić information content (AvgIpc) is 2.61. The molecule has 0 bridgehead atoms. The van der Waals surface area contributed by atoms with Crippen molar-refractivity contribution < 1.29 is 44.5 Å². The lowest BCUT2D eigenvalue weighted by molar-refractivity contribution is -0.730. The smallest absolute Gasteiger partial charge is 0.491 e. The van der Waals surface area contributed by atoms with Crippen molar-refractivity contribution >= 4 is 17.1 Å². The van der Waals surface area contributed by atoms with Crippen LogP contribution in [0.1, 0.15) is 6.92 Å². The Labute approximate surface area is 166 Å². The van der Waals surface area contributed by atoms with Crippen molar-refractivity contribution in [3.63, 3.8) is 0 Å². The molecule has 1 rings (SSSR count). The van der Waals surface area contributed by atoms with Crippen molar-refractivity contribution in [2.75, 3.05) is 45.8 Å². The first-order valence-corrected chi connectivity index (χ1v) is 10.3. The summed E-state index contributed by atoms with van der Waals surface area (Å²) in [7, 11) is -9.32. The lowest BCUT2D eigenvalue weighted by atomic mass is 10.3. The van der Waals surface area contributed by atoms with Crippen molar-refractivity contribution in [3.8, 4) is 5.75 Å².